The van der Waals surface area contributed by atoms with Crippen LogP contribution in [0.4, 0.5) is 0 Å². The number of fused-ring (bicyclic) bond motifs is 3. The molecule has 0 aromatic heterocycles. The fraction of sp³-hybridized carbons (Fsp3) is 0.525. The quantitative estimate of drug-likeness (QED) is 0.228. The van der Waals surface area contributed by atoms with E-state index < -0.39 is 106 Å². The summed E-state index contributed by atoms with van der Waals surface area (Å²) in [7, 11) is 0. The number of aliphatic hydroxyl groups is 2. The van der Waals surface area contributed by atoms with Crippen molar-refractivity contribution in [1.82, 2.24) is 0 Å². The molecule has 2 saturated carbocycles. The van der Waals surface area contributed by atoms with Crippen LogP contribution in [-0.2, 0) is 42.8 Å². The number of esters is 5. The summed E-state index contributed by atoms with van der Waals surface area (Å²) in [6.45, 7) is 13.9. The van der Waals surface area contributed by atoms with Gasteiger partial charge in [-0.2, -0.15) is 0 Å². The topological polar surface area (TPSA) is 181 Å². The molecule has 13 nitrogen and oxygen atoms in total. The molecular weight excluding hydrogens is 688 g/mol. The second-order valence-corrected chi connectivity index (χ2v) is 15.1. The first-order valence-electron chi connectivity index (χ1n) is 17.7. The highest BCUT2D eigenvalue weighted by molar-refractivity contribution is 5.90. The average Bonchev–Trinajstić information content (AvgIpc) is 3.31. The first-order chi connectivity index (χ1) is 24.9. The fourth-order valence-electron chi connectivity index (χ4n) is 9.85. The molecule has 0 radical (unpaired) electrons. The van der Waals surface area contributed by atoms with E-state index >= 15 is 0 Å². The normalized spacial score (nSPS) is 39.5. The number of aliphatic hydroxyl groups excluding tert-OH is 1. The molecule has 6 rings (SSSR count). The van der Waals surface area contributed by atoms with Crippen molar-refractivity contribution < 1.29 is 62.6 Å². The van der Waals surface area contributed by atoms with Crippen molar-refractivity contribution in [3.05, 3.63) is 83.9 Å². The Kier molecular flexibility index (Phi) is 9.62. The third-order valence-corrected chi connectivity index (χ3v) is 11.9. The van der Waals surface area contributed by atoms with Gasteiger partial charge in [-0.25, -0.2) is 9.59 Å². The van der Waals surface area contributed by atoms with Crippen LogP contribution in [0.5, 0.6) is 0 Å². The van der Waals surface area contributed by atoms with Gasteiger partial charge in [-0.15, -0.1) is 0 Å². The monoisotopic (exact) mass is 734 g/mol. The van der Waals surface area contributed by atoms with Gasteiger partial charge in [-0.1, -0.05) is 56.8 Å². The molecule has 13 atom stereocenters. The third kappa shape index (κ3) is 5.58. The van der Waals surface area contributed by atoms with Gasteiger partial charge in [0.15, 0.2) is 18.3 Å². The minimum absolute atomic E-state index is 0.0824. The molecule has 2 aromatic rings. The predicted molar refractivity (Wildman–Crippen MR) is 185 cm³/mol. The van der Waals surface area contributed by atoms with E-state index in [2.05, 4.69) is 6.58 Å². The van der Waals surface area contributed by atoms with Gasteiger partial charge in [0.05, 0.1) is 28.7 Å². The van der Waals surface area contributed by atoms with Crippen molar-refractivity contribution in [3.63, 3.8) is 0 Å². The summed E-state index contributed by atoms with van der Waals surface area (Å²) in [5.74, 6) is -8.56. The van der Waals surface area contributed by atoms with Gasteiger partial charge in [-0.3, -0.25) is 14.4 Å². The molecule has 284 valence electrons. The van der Waals surface area contributed by atoms with E-state index in [-0.39, 0.29) is 23.1 Å². The molecule has 2 bridgehead atoms. The summed E-state index contributed by atoms with van der Waals surface area (Å²) in [6, 6.07) is 16.1. The zero-order valence-electron chi connectivity index (χ0n) is 30.8. The Morgan fingerprint density at radius 2 is 1.25 bits per heavy atom. The highest BCUT2D eigenvalue weighted by Gasteiger charge is 2.88. The minimum atomic E-state index is -2.20. The van der Waals surface area contributed by atoms with Gasteiger partial charge >= 0.3 is 29.8 Å². The lowest BCUT2D eigenvalue weighted by atomic mass is 9.52. The Hall–Kier alpha value is -4.59. The van der Waals surface area contributed by atoms with Crippen molar-refractivity contribution in [2.45, 2.75) is 108 Å². The van der Waals surface area contributed by atoms with Crippen LogP contribution >= 0.6 is 0 Å². The van der Waals surface area contributed by atoms with Crippen molar-refractivity contribution in [2.24, 2.45) is 23.7 Å². The van der Waals surface area contributed by atoms with Crippen molar-refractivity contribution in [2.75, 3.05) is 0 Å². The lowest BCUT2D eigenvalue weighted by Gasteiger charge is -2.62. The van der Waals surface area contributed by atoms with Crippen LogP contribution in [0.15, 0.2) is 72.8 Å². The molecule has 4 fully saturated rings. The first kappa shape index (κ1) is 38.1. The first-order valence-corrected chi connectivity index (χ1v) is 17.7. The van der Waals surface area contributed by atoms with Crippen LogP contribution in [0, 0.1) is 23.7 Å². The summed E-state index contributed by atoms with van der Waals surface area (Å²) < 4.78 is 37.6. The summed E-state index contributed by atoms with van der Waals surface area (Å²) in [5, 5.41) is 25.7. The van der Waals surface area contributed by atoms with Crippen LogP contribution in [-0.4, -0.2) is 93.0 Å². The Bertz CT molecular complexity index is 1810. The summed E-state index contributed by atoms with van der Waals surface area (Å²) in [5.41, 5.74) is -7.57. The molecule has 2 aliphatic carbocycles. The Morgan fingerprint density at radius 1 is 0.755 bits per heavy atom. The van der Waals surface area contributed by atoms with Crippen LogP contribution in [0.2, 0.25) is 0 Å². The molecular formula is C40H46O13. The number of carbonyl (C=O) groups excluding carboxylic acids is 5. The molecule has 2 heterocycles. The van der Waals surface area contributed by atoms with E-state index in [1.807, 2.05) is 0 Å². The summed E-state index contributed by atoms with van der Waals surface area (Å²) >= 11 is 0. The molecule has 0 unspecified atom stereocenters. The van der Waals surface area contributed by atoms with Gasteiger partial charge < -0.3 is 38.6 Å². The summed E-state index contributed by atoms with van der Waals surface area (Å²) in [4.78, 5) is 67.2. The van der Waals surface area contributed by atoms with E-state index in [1.165, 1.54) is 26.0 Å². The highest BCUT2D eigenvalue weighted by atomic mass is 16.7. The van der Waals surface area contributed by atoms with Gasteiger partial charge in [-0.05, 0) is 56.0 Å². The molecule has 2 aliphatic heterocycles. The maximum absolute atomic E-state index is 14.1. The molecule has 13 heteroatoms. The van der Waals surface area contributed by atoms with Crippen LogP contribution in [0.3, 0.4) is 0 Å². The maximum Gasteiger partial charge on any atom is 0.339 e. The summed E-state index contributed by atoms with van der Waals surface area (Å²) in [6.07, 6.45) is -7.47. The molecule has 1 spiro atoms. The Labute approximate surface area is 307 Å². The number of benzene rings is 2. The third-order valence-electron chi connectivity index (χ3n) is 11.9. The molecule has 53 heavy (non-hydrogen) atoms. The minimum Gasteiger partial charge on any atom is -0.459 e. The van der Waals surface area contributed by atoms with E-state index in [0.29, 0.717) is 0 Å². The number of rotatable bonds is 8. The zero-order valence-corrected chi connectivity index (χ0v) is 30.8. The fourth-order valence-corrected chi connectivity index (χ4v) is 9.85. The largest absolute Gasteiger partial charge is 0.459 e. The predicted octanol–water partition coefficient (Wildman–Crippen LogP) is 3.73. The Morgan fingerprint density at radius 3 is 1.75 bits per heavy atom. The van der Waals surface area contributed by atoms with Gasteiger partial charge in [0.1, 0.15) is 17.3 Å². The van der Waals surface area contributed by atoms with Crippen LogP contribution in [0.1, 0.15) is 75.6 Å². The second kappa shape index (κ2) is 13.4. The standard InChI is InChI=1S/C40H46O13/c1-20(2)39(52-35(46)27-17-13-10-14-18-27)31(48-23(5)41)22(4)38(47)28-19-21(3)30(44)40(28)36(51-34(45)26-15-11-9-12-16-26)37(8,53-40)32(49-24(6)42)29(38)33(39)50-25(7)43/h9-18,21-22,28-33,36,44,47H,1,19H2,2-8H3/t21-,22+,28-,29+,30-,31-,32-,33+,36+,37+,38-,39-,40+/m0/s1. The smallest absolute Gasteiger partial charge is 0.339 e. The highest BCUT2D eigenvalue weighted by Crippen LogP contribution is 2.70. The lowest BCUT2D eigenvalue weighted by molar-refractivity contribution is -0.388. The molecule has 0 amide bonds. The number of hydrogen-bond acceptors (Lipinski definition) is 13. The Balaban J connectivity index is 1.65. The van der Waals surface area contributed by atoms with E-state index in [9.17, 15) is 34.2 Å². The van der Waals surface area contributed by atoms with Crippen LogP contribution < -0.4 is 0 Å². The zero-order chi connectivity index (χ0) is 38.8. The van der Waals surface area contributed by atoms with Crippen molar-refractivity contribution >= 4 is 29.8 Å². The lowest BCUT2D eigenvalue weighted by Crippen LogP contribution is -2.80. The van der Waals surface area contributed by atoms with Gasteiger partial charge in [0.25, 0.3) is 0 Å². The molecule has 2 N–H and O–H groups in total. The number of carbonyl (C=O) groups is 5. The number of hydrogen-bond donors (Lipinski definition) is 2. The van der Waals surface area contributed by atoms with Crippen LogP contribution in [0.25, 0.3) is 0 Å². The second-order valence-electron chi connectivity index (χ2n) is 15.1. The molecule has 2 saturated heterocycles. The van der Waals surface area contributed by atoms with E-state index in [0.717, 1.165) is 20.8 Å². The van der Waals surface area contributed by atoms with Gasteiger partial charge in [0, 0.05) is 32.6 Å². The SMILES string of the molecule is C=C(C)[C@@]1(OC(=O)c2ccccc2)[C@H](OC(C)=O)[C@H]2[C@H](OC(C)=O)[C@@]3(C)O[C@@]4([C@@H]3OC(=O)c3ccccc3)[C@@H](O)[C@@H](C)C[C@H]4[C@@]2(O)[C@H](C)[C@@H]1OC(C)=O. The van der Waals surface area contributed by atoms with Crippen molar-refractivity contribution in [1.29, 1.82) is 0 Å². The molecule has 2 aromatic carbocycles. The number of ether oxygens (including phenoxy) is 6. The molecule has 4 aliphatic rings. The van der Waals surface area contributed by atoms with E-state index in [4.69, 9.17) is 28.4 Å². The van der Waals surface area contributed by atoms with Crippen molar-refractivity contribution in [3.8, 4) is 0 Å². The average molecular weight is 735 g/mol. The van der Waals surface area contributed by atoms with E-state index in [1.54, 1.807) is 62.4 Å². The van der Waals surface area contributed by atoms with Gasteiger partial charge in [0.2, 0.25) is 5.60 Å². The maximum atomic E-state index is 14.1.